The van der Waals surface area contributed by atoms with Crippen LogP contribution in [0.1, 0.15) is 11.3 Å². The zero-order valence-electron chi connectivity index (χ0n) is 10.8. The fourth-order valence-electron chi connectivity index (χ4n) is 1.58. The van der Waals surface area contributed by atoms with Gasteiger partial charge in [0.1, 0.15) is 0 Å². The van der Waals surface area contributed by atoms with Crippen LogP contribution in [-0.4, -0.2) is 27.7 Å². The van der Waals surface area contributed by atoms with E-state index in [2.05, 4.69) is 9.97 Å². The van der Waals surface area contributed by atoms with E-state index < -0.39 is 12.6 Å². The van der Waals surface area contributed by atoms with Gasteiger partial charge in [0.25, 0.3) is 0 Å². The molecule has 0 fully saturated rings. The topological polar surface area (TPSA) is 72.3 Å². The Kier molecular flexibility index (Phi) is 3.75. The number of carbonyl (C=O) groups is 1. The highest BCUT2D eigenvalue weighted by atomic mass is 16.5. The summed E-state index contributed by atoms with van der Waals surface area (Å²) in [6.07, 6.45) is 0. The third-order valence-corrected chi connectivity index (χ3v) is 2.48. The number of carboxylic acid groups (broad SMARTS) is 1. The number of aliphatic carboxylic acids is 1. The maximum Gasteiger partial charge on any atom is 0.341 e. The summed E-state index contributed by atoms with van der Waals surface area (Å²) in [5.74, 6) is -0.237. The van der Waals surface area contributed by atoms with Gasteiger partial charge in [-0.05, 0) is 13.8 Å². The van der Waals surface area contributed by atoms with E-state index in [4.69, 9.17) is 9.84 Å². The Hall–Kier alpha value is -2.43. The van der Waals surface area contributed by atoms with E-state index in [9.17, 15) is 4.79 Å². The molecule has 2 aromatic rings. The minimum atomic E-state index is -1.03. The molecule has 0 atom stereocenters. The molecule has 0 unspecified atom stereocenters. The molecule has 0 saturated heterocycles. The molecule has 0 saturated carbocycles. The zero-order chi connectivity index (χ0) is 13.8. The van der Waals surface area contributed by atoms with Crippen LogP contribution in [0.5, 0.6) is 5.88 Å². The van der Waals surface area contributed by atoms with Crippen LogP contribution in [0, 0.1) is 13.8 Å². The molecule has 0 spiro atoms. The summed E-state index contributed by atoms with van der Waals surface area (Å²) >= 11 is 0. The van der Waals surface area contributed by atoms with E-state index in [1.807, 2.05) is 38.1 Å². The molecule has 5 nitrogen and oxygen atoms in total. The zero-order valence-corrected chi connectivity index (χ0v) is 10.8. The van der Waals surface area contributed by atoms with E-state index in [-0.39, 0.29) is 5.88 Å². The van der Waals surface area contributed by atoms with Crippen molar-refractivity contribution in [1.29, 1.82) is 0 Å². The third kappa shape index (κ3) is 3.51. The Morgan fingerprint density at radius 2 is 1.89 bits per heavy atom. The summed E-state index contributed by atoms with van der Waals surface area (Å²) in [5.41, 5.74) is 2.75. The SMILES string of the molecule is Cc1ccc(-c2nc(C)cc(OCC(=O)O)n2)cc1. The van der Waals surface area contributed by atoms with Crippen LogP contribution in [0.25, 0.3) is 11.4 Å². The second-order valence-electron chi connectivity index (χ2n) is 4.22. The first-order valence-corrected chi connectivity index (χ1v) is 5.82. The van der Waals surface area contributed by atoms with Crippen molar-refractivity contribution >= 4 is 5.97 Å². The Morgan fingerprint density at radius 3 is 2.53 bits per heavy atom. The molecule has 0 aliphatic heterocycles. The van der Waals surface area contributed by atoms with Gasteiger partial charge in [0, 0.05) is 17.3 Å². The fraction of sp³-hybridized carbons (Fsp3) is 0.214. The Morgan fingerprint density at radius 1 is 1.21 bits per heavy atom. The summed E-state index contributed by atoms with van der Waals surface area (Å²) in [4.78, 5) is 19.0. The molecule has 5 heteroatoms. The molecule has 1 heterocycles. The number of carboxylic acids is 1. The quantitative estimate of drug-likeness (QED) is 0.910. The van der Waals surface area contributed by atoms with Crippen molar-refractivity contribution in [3.63, 3.8) is 0 Å². The first-order chi connectivity index (χ1) is 9.04. The summed E-state index contributed by atoms with van der Waals surface area (Å²) < 4.78 is 5.08. The standard InChI is InChI=1S/C14H14N2O3/c1-9-3-5-11(6-4-9)14-15-10(2)7-12(16-14)19-8-13(17)18/h3-7H,8H2,1-2H3,(H,17,18). The molecule has 98 valence electrons. The van der Waals surface area contributed by atoms with Crippen LogP contribution in [-0.2, 0) is 4.79 Å². The molecule has 0 amide bonds. The predicted molar refractivity (Wildman–Crippen MR) is 70.1 cm³/mol. The minimum Gasteiger partial charge on any atom is -0.479 e. The molecule has 1 N–H and O–H groups in total. The lowest BCUT2D eigenvalue weighted by molar-refractivity contribution is -0.139. The Bertz CT molecular complexity index is 594. The highest BCUT2D eigenvalue weighted by Gasteiger charge is 2.07. The van der Waals surface area contributed by atoms with Gasteiger partial charge in [0.15, 0.2) is 12.4 Å². The average molecular weight is 258 g/mol. The number of benzene rings is 1. The first kappa shape index (κ1) is 13.0. The summed E-state index contributed by atoms with van der Waals surface area (Å²) in [5, 5.41) is 8.59. The van der Waals surface area contributed by atoms with Gasteiger partial charge >= 0.3 is 5.97 Å². The summed E-state index contributed by atoms with van der Waals surface area (Å²) in [6.45, 7) is 3.40. The smallest absolute Gasteiger partial charge is 0.341 e. The highest BCUT2D eigenvalue weighted by Crippen LogP contribution is 2.19. The molecule has 0 bridgehead atoms. The molecule has 0 radical (unpaired) electrons. The van der Waals surface area contributed by atoms with Gasteiger partial charge in [-0.15, -0.1) is 0 Å². The number of aryl methyl sites for hydroxylation is 2. The molecule has 19 heavy (non-hydrogen) atoms. The first-order valence-electron chi connectivity index (χ1n) is 5.82. The van der Waals surface area contributed by atoms with Crippen molar-refractivity contribution in [2.45, 2.75) is 13.8 Å². The van der Waals surface area contributed by atoms with Gasteiger partial charge in [-0.1, -0.05) is 29.8 Å². The average Bonchev–Trinajstić information content (AvgIpc) is 2.36. The van der Waals surface area contributed by atoms with E-state index >= 15 is 0 Å². The van der Waals surface area contributed by atoms with E-state index in [1.165, 1.54) is 0 Å². The number of hydrogen-bond acceptors (Lipinski definition) is 4. The molecule has 1 aromatic heterocycles. The number of rotatable bonds is 4. The normalized spacial score (nSPS) is 10.2. The van der Waals surface area contributed by atoms with Crippen molar-refractivity contribution in [3.8, 4) is 17.3 Å². The molecular formula is C14H14N2O3. The maximum atomic E-state index is 10.5. The molecular weight excluding hydrogens is 244 g/mol. The molecule has 0 aliphatic carbocycles. The number of hydrogen-bond donors (Lipinski definition) is 1. The van der Waals surface area contributed by atoms with Crippen molar-refractivity contribution < 1.29 is 14.6 Å². The Labute approximate surface area is 110 Å². The monoisotopic (exact) mass is 258 g/mol. The summed E-state index contributed by atoms with van der Waals surface area (Å²) in [6, 6.07) is 9.40. The molecule has 0 aliphatic rings. The second kappa shape index (κ2) is 5.48. The lowest BCUT2D eigenvalue weighted by Gasteiger charge is -2.06. The predicted octanol–water partition coefficient (Wildman–Crippen LogP) is 2.22. The van der Waals surface area contributed by atoms with E-state index in [0.29, 0.717) is 5.82 Å². The van der Waals surface area contributed by atoms with Crippen LogP contribution >= 0.6 is 0 Å². The van der Waals surface area contributed by atoms with Gasteiger partial charge in [-0.25, -0.2) is 9.78 Å². The van der Waals surface area contributed by atoms with Crippen LogP contribution < -0.4 is 4.74 Å². The van der Waals surface area contributed by atoms with Gasteiger partial charge in [-0.3, -0.25) is 0 Å². The Balaban J connectivity index is 2.30. The fourth-order valence-corrected chi connectivity index (χ4v) is 1.58. The summed E-state index contributed by atoms with van der Waals surface area (Å²) in [7, 11) is 0. The van der Waals surface area contributed by atoms with Crippen LogP contribution in [0.2, 0.25) is 0 Å². The molecule has 2 rings (SSSR count). The second-order valence-corrected chi connectivity index (χ2v) is 4.22. The van der Waals surface area contributed by atoms with Gasteiger partial charge in [-0.2, -0.15) is 4.98 Å². The number of nitrogens with zero attached hydrogens (tertiary/aromatic N) is 2. The maximum absolute atomic E-state index is 10.5. The van der Waals surface area contributed by atoms with Gasteiger partial charge in [0.05, 0.1) is 0 Å². The highest BCUT2D eigenvalue weighted by molar-refractivity contribution is 5.68. The number of aromatic nitrogens is 2. The van der Waals surface area contributed by atoms with Crippen LogP contribution in [0.15, 0.2) is 30.3 Å². The van der Waals surface area contributed by atoms with Crippen LogP contribution in [0.3, 0.4) is 0 Å². The van der Waals surface area contributed by atoms with Crippen LogP contribution in [0.4, 0.5) is 0 Å². The van der Waals surface area contributed by atoms with Crippen molar-refractivity contribution in [2.24, 2.45) is 0 Å². The largest absolute Gasteiger partial charge is 0.479 e. The molecule has 1 aromatic carbocycles. The van der Waals surface area contributed by atoms with Crippen molar-refractivity contribution in [1.82, 2.24) is 9.97 Å². The number of ether oxygens (including phenoxy) is 1. The third-order valence-electron chi connectivity index (χ3n) is 2.48. The van der Waals surface area contributed by atoms with Gasteiger partial charge < -0.3 is 9.84 Å². The van der Waals surface area contributed by atoms with E-state index in [0.717, 1.165) is 16.8 Å². The van der Waals surface area contributed by atoms with E-state index in [1.54, 1.807) is 6.07 Å². The van der Waals surface area contributed by atoms with Gasteiger partial charge in [0.2, 0.25) is 5.88 Å². The minimum absolute atomic E-state index is 0.269. The lowest BCUT2D eigenvalue weighted by atomic mass is 10.1. The van der Waals surface area contributed by atoms with Crippen molar-refractivity contribution in [3.05, 3.63) is 41.6 Å². The van der Waals surface area contributed by atoms with Crippen molar-refractivity contribution in [2.75, 3.05) is 6.61 Å². The lowest BCUT2D eigenvalue weighted by Crippen LogP contribution is -2.11.